The maximum atomic E-state index is 10.2. The Hall–Kier alpha value is -1.95. The smallest absolute Gasteiger partial charge is 0.0995 e. The van der Waals surface area contributed by atoms with E-state index in [9.17, 15) is 5.11 Å². The molecule has 2 heteroatoms. The standard InChI is InChI=1S/C18H16OS/c1-2-18(20-16-11-7-4-8-12-16)17(19)14-13-15-9-5-3-6-10-15/h1,3-14,17-19H/b14-13+/t17-,18?/m1/s1. The van der Waals surface area contributed by atoms with Crippen molar-refractivity contribution in [3.63, 3.8) is 0 Å². The second-order valence-electron chi connectivity index (χ2n) is 4.28. The molecule has 0 bridgehead atoms. The molecule has 0 aliphatic carbocycles. The zero-order valence-electron chi connectivity index (χ0n) is 11.0. The van der Waals surface area contributed by atoms with E-state index in [1.807, 2.05) is 66.7 Å². The molecule has 0 radical (unpaired) electrons. The van der Waals surface area contributed by atoms with Crippen LogP contribution in [0, 0.1) is 12.3 Å². The van der Waals surface area contributed by atoms with Gasteiger partial charge in [0.25, 0.3) is 0 Å². The molecule has 2 aromatic carbocycles. The Morgan fingerprint density at radius 3 is 2.20 bits per heavy atom. The molecule has 0 aliphatic heterocycles. The molecule has 1 unspecified atom stereocenters. The predicted octanol–water partition coefficient (Wildman–Crippen LogP) is 3.85. The van der Waals surface area contributed by atoms with Gasteiger partial charge >= 0.3 is 0 Å². The summed E-state index contributed by atoms with van der Waals surface area (Å²) in [4.78, 5) is 1.06. The topological polar surface area (TPSA) is 20.2 Å². The van der Waals surface area contributed by atoms with E-state index in [0.29, 0.717) is 0 Å². The highest BCUT2D eigenvalue weighted by Crippen LogP contribution is 2.25. The summed E-state index contributed by atoms with van der Waals surface area (Å²) < 4.78 is 0. The number of terminal acetylenes is 1. The number of aliphatic hydroxyl groups excluding tert-OH is 1. The number of thioether (sulfide) groups is 1. The molecule has 2 aromatic rings. The summed E-state index contributed by atoms with van der Waals surface area (Å²) in [6.07, 6.45) is 8.49. The number of hydrogen-bond donors (Lipinski definition) is 1. The van der Waals surface area contributed by atoms with Crippen LogP contribution in [0.25, 0.3) is 6.08 Å². The van der Waals surface area contributed by atoms with Crippen LogP contribution in [0.15, 0.2) is 71.6 Å². The van der Waals surface area contributed by atoms with Crippen LogP contribution in [-0.2, 0) is 0 Å². The lowest BCUT2D eigenvalue weighted by molar-refractivity contribution is 0.235. The average molecular weight is 280 g/mol. The van der Waals surface area contributed by atoms with Gasteiger partial charge in [0, 0.05) is 4.90 Å². The Bertz CT molecular complexity index is 584. The molecule has 0 amide bonds. The Morgan fingerprint density at radius 2 is 1.60 bits per heavy atom. The second-order valence-corrected chi connectivity index (χ2v) is 5.49. The number of rotatable bonds is 5. The van der Waals surface area contributed by atoms with Crippen molar-refractivity contribution in [1.82, 2.24) is 0 Å². The van der Waals surface area contributed by atoms with Crippen molar-refractivity contribution in [2.24, 2.45) is 0 Å². The molecule has 0 aromatic heterocycles. The van der Waals surface area contributed by atoms with Crippen LogP contribution in [0.2, 0.25) is 0 Å². The van der Waals surface area contributed by atoms with Crippen LogP contribution in [-0.4, -0.2) is 16.5 Å². The Kier molecular flexibility index (Phi) is 5.49. The highest BCUT2D eigenvalue weighted by Gasteiger charge is 2.15. The van der Waals surface area contributed by atoms with E-state index in [4.69, 9.17) is 6.42 Å². The quantitative estimate of drug-likeness (QED) is 0.663. The molecular formula is C18H16OS. The van der Waals surface area contributed by atoms with Crippen LogP contribution in [0.5, 0.6) is 0 Å². The molecule has 100 valence electrons. The van der Waals surface area contributed by atoms with Crippen molar-refractivity contribution < 1.29 is 5.11 Å². The Balaban J connectivity index is 2.01. The van der Waals surface area contributed by atoms with Crippen molar-refractivity contribution in [3.05, 3.63) is 72.3 Å². The van der Waals surface area contributed by atoms with Gasteiger partial charge in [0.1, 0.15) is 0 Å². The SMILES string of the molecule is C#CC(Sc1ccccc1)[C@H](O)/C=C/c1ccccc1. The largest absolute Gasteiger partial charge is 0.387 e. The summed E-state index contributed by atoms with van der Waals surface area (Å²) >= 11 is 1.49. The molecule has 0 saturated heterocycles. The van der Waals surface area contributed by atoms with Gasteiger partial charge in [-0.3, -0.25) is 0 Å². The van der Waals surface area contributed by atoms with E-state index in [2.05, 4.69) is 5.92 Å². The van der Waals surface area contributed by atoms with Gasteiger partial charge in [-0.1, -0.05) is 66.6 Å². The monoisotopic (exact) mass is 280 g/mol. The Labute approximate surface area is 124 Å². The van der Waals surface area contributed by atoms with Crippen molar-refractivity contribution in [1.29, 1.82) is 0 Å². The first-order valence-corrected chi connectivity index (χ1v) is 7.27. The molecule has 0 aliphatic rings. The van der Waals surface area contributed by atoms with Crippen molar-refractivity contribution in [2.45, 2.75) is 16.2 Å². The third-order valence-electron chi connectivity index (χ3n) is 2.77. The van der Waals surface area contributed by atoms with Gasteiger partial charge in [0.2, 0.25) is 0 Å². The first kappa shape index (κ1) is 14.5. The molecule has 20 heavy (non-hydrogen) atoms. The Morgan fingerprint density at radius 1 is 1.00 bits per heavy atom. The van der Waals surface area contributed by atoms with Crippen LogP contribution >= 0.6 is 11.8 Å². The van der Waals surface area contributed by atoms with Gasteiger partial charge in [-0.05, 0) is 17.7 Å². The van der Waals surface area contributed by atoms with Crippen molar-refractivity contribution in [3.8, 4) is 12.3 Å². The van der Waals surface area contributed by atoms with Gasteiger partial charge in [-0.25, -0.2) is 0 Å². The minimum absolute atomic E-state index is 0.294. The maximum absolute atomic E-state index is 10.2. The number of hydrogen-bond acceptors (Lipinski definition) is 2. The highest BCUT2D eigenvalue weighted by molar-refractivity contribution is 8.00. The average Bonchev–Trinajstić information content (AvgIpc) is 2.52. The molecular weight excluding hydrogens is 264 g/mol. The lowest BCUT2D eigenvalue weighted by Crippen LogP contribution is -2.18. The molecule has 1 N–H and O–H groups in total. The molecule has 1 nitrogen and oxygen atoms in total. The molecule has 2 atom stereocenters. The van der Waals surface area contributed by atoms with Gasteiger partial charge in [0.15, 0.2) is 0 Å². The normalized spacial score (nSPS) is 13.8. The first-order valence-electron chi connectivity index (χ1n) is 6.39. The zero-order chi connectivity index (χ0) is 14.2. The van der Waals surface area contributed by atoms with Gasteiger partial charge in [-0.15, -0.1) is 18.2 Å². The summed E-state index contributed by atoms with van der Waals surface area (Å²) in [5.74, 6) is 2.65. The first-order chi connectivity index (χ1) is 9.79. The summed E-state index contributed by atoms with van der Waals surface area (Å²) in [5.41, 5.74) is 1.05. The van der Waals surface area contributed by atoms with E-state index >= 15 is 0 Å². The fraction of sp³-hybridized carbons (Fsp3) is 0.111. The highest BCUT2D eigenvalue weighted by atomic mass is 32.2. The third kappa shape index (κ3) is 4.31. The van der Waals surface area contributed by atoms with Gasteiger partial charge < -0.3 is 5.11 Å². The fourth-order valence-electron chi connectivity index (χ4n) is 1.72. The third-order valence-corrected chi connectivity index (χ3v) is 3.98. The summed E-state index contributed by atoms with van der Waals surface area (Å²) in [6.45, 7) is 0. The van der Waals surface area contributed by atoms with Crippen LogP contribution in [0.1, 0.15) is 5.56 Å². The number of aliphatic hydroxyl groups is 1. The van der Waals surface area contributed by atoms with E-state index in [1.54, 1.807) is 6.08 Å². The number of benzene rings is 2. The van der Waals surface area contributed by atoms with Crippen molar-refractivity contribution in [2.75, 3.05) is 0 Å². The summed E-state index contributed by atoms with van der Waals surface area (Å²) in [6, 6.07) is 19.7. The van der Waals surface area contributed by atoms with Crippen LogP contribution in [0.4, 0.5) is 0 Å². The summed E-state index contributed by atoms with van der Waals surface area (Å²) in [7, 11) is 0. The van der Waals surface area contributed by atoms with Gasteiger partial charge in [-0.2, -0.15) is 0 Å². The lowest BCUT2D eigenvalue weighted by Gasteiger charge is -2.14. The molecule has 0 saturated carbocycles. The second kappa shape index (κ2) is 7.59. The van der Waals surface area contributed by atoms with E-state index in [-0.39, 0.29) is 5.25 Å². The lowest BCUT2D eigenvalue weighted by atomic mass is 10.1. The predicted molar refractivity (Wildman–Crippen MR) is 86.4 cm³/mol. The van der Waals surface area contributed by atoms with Crippen LogP contribution in [0.3, 0.4) is 0 Å². The fourth-order valence-corrected chi connectivity index (χ4v) is 2.63. The van der Waals surface area contributed by atoms with E-state index in [1.165, 1.54) is 11.8 Å². The zero-order valence-corrected chi connectivity index (χ0v) is 11.8. The molecule has 0 fully saturated rings. The molecule has 0 spiro atoms. The minimum atomic E-state index is -0.676. The van der Waals surface area contributed by atoms with Crippen molar-refractivity contribution >= 4 is 17.8 Å². The van der Waals surface area contributed by atoms with E-state index in [0.717, 1.165) is 10.5 Å². The molecule has 2 rings (SSSR count). The minimum Gasteiger partial charge on any atom is -0.387 e. The maximum Gasteiger partial charge on any atom is 0.0995 e. The van der Waals surface area contributed by atoms with E-state index < -0.39 is 6.10 Å². The van der Waals surface area contributed by atoms with Gasteiger partial charge in [0.05, 0.1) is 11.4 Å². The summed E-state index contributed by atoms with van der Waals surface area (Å²) in [5, 5.41) is 9.89. The van der Waals surface area contributed by atoms with Crippen LogP contribution < -0.4 is 0 Å². The molecule has 0 heterocycles.